The van der Waals surface area contributed by atoms with Gasteiger partial charge in [0.25, 0.3) is 0 Å². The third-order valence-electron chi connectivity index (χ3n) is 1.74. The summed E-state index contributed by atoms with van der Waals surface area (Å²) in [5.41, 5.74) is 0.635. The first-order valence-corrected chi connectivity index (χ1v) is 4.95. The van der Waals surface area contributed by atoms with Crippen LogP contribution in [0.5, 0.6) is 0 Å². The van der Waals surface area contributed by atoms with E-state index in [0.29, 0.717) is 10.7 Å². The standard InChI is InChI=1S/C11H15ClFN/c1-11(2,3)7-14-10-5-4-8(12)6-9(10)13/h4-6,14H,7H2,1-3H3. The van der Waals surface area contributed by atoms with Crippen LogP contribution in [0.3, 0.4) is 0 Å². The largest absolute Gasteiger partial charge is 0.382 e. The quantitative estimate of drug-likeness (QED) is 0.788. The zero-order valence-electron chi connectivity index (χ0n) is 8.70. The van der Waals surface area contributed by atoms with Gasteiger partial charge in [0.05, 0.1) is 5.69 Å². The first-order valence-electron chi connectivity index (χ1n) is 4.57. The number of hydrogen-bond donors (Lipinski definition) is 1. The SMILES string of the molecule is CC(C)(C)CNc1ccc(Cl)cc1F. The van der Waals surface area contributed by atoms with Crippen LogP contribution in [-0.2, 0) is 0 Å². The Labute approximate surface area is 89.3 Å². The lowest BCUT2D eigenvalue weighted by atomic mass is 9.97. The first kappa shape index (κ1) is 11.3. The molecule has 0 heterocycles. The van der Waals surface area contributed by atoms with Crippen LogP contribution in [0.25, 0.3) is 0 Å². The van der Waals surface area contributed by atoms with E-state index in [0.717, 1.165) is 6.54 Å². The van der Waals surface area contributed by atoms with Crippen LogP contribution < -0.4 is 5.32 Å². The molecule has 0 unspecified atom stereocenters. The molecule has 14 heavy (non-hydrogen) atoms. The fraction of sp³-hybridized carbons (Fsp3) is 0.455. The average molecular weight is 216 g/mol. The minimum Gasteiger partial charge on any atom is -0.382 e. The fourth-order valence-electron chi connectivity index (χ4n) is 0.993. The second-order valence-corrected chi connectivity index (χ2v) is 4.97. The lowest BCUT2D eigenvalue weighted by Gasteiger charge is -2.19. The number of nitrogens with one attached hydrogen (secondary N) is 1. The minimum atomic E-state index is -0.304. The maximum atomic E-state index is 13.3. The van der Waals surface area contributed by atoms with Crippen molar-refractivity contribution in [1.82, 2.24) is 0 Å². The molecule has 0 fully saturated rings. The Morgan fingerprint density at radius 2 is 2.00 bits per heavy atom. The van der Waals surface area contributed by atoms with Gasteiger partial charge in [-0.05, 0) is 23.6 Å². The minimum absolute atomic E-state index is 0.131. The molecule has 0 spiro atoms. The molecule has 0 atom stereocenters. The summed E-state index contributed by atoms with van der Waals surface area (Å²) in [7, 11) is 0. The van der Waals surface area contributed by atoms with Gasteiger partial charge in [-0.25, -0.2) is 4.39 Å². The lowest BCUT2D eigenvalue weighted by Crippen LogP contribution is -2.19. The van der Waals surface area contributed by atoms with Gasteiger partial charge in [-0.1, -0.05) is 32.4 Å². The molecule has 1 rings (SSSR count). The monoisotopic (exact) mass is 215 g/mol. The highest BCUT2D eigenvalue weighted by Gasteiger charge is 2.10. The van der Waals surface area contributed by atoms with E-state index >= 15 is 0 Å². The molecular weight excluding hydrogens is 201 g/mol. The summed E-state index contributed by atoms with van der Waals surface area (Å²) >= 11 is 5.64. The van der Waals surface area contributed by atoms with Crippen molar-refractivity contribution in [3.8, 4) is 0 Å². The highest BCUT2D eigenvalue weighted by Crippen LogP contribution is 2.21. The van der Waals surface area contributed by atoms with Crippen molar-refractivity contribution in [2.45, 2.75) is 20.8 Å². The highest BCUT2D eigenvalue weighted by molar-refractivity contribution is 6.30. The van der Waals surface area contributed by atoms with Gasteiger partial charge in [-0.2, -0.15) is 0 Å². The molecule has 1 nitrogen and oxygen atoms in total. The molecule has 0 aromatic heterocycles. The molecule has 0 saturated carbocycles. The molecule has 1 aromatic carbocycles. The Bertz CT molecular complexity index is 318. The summed E-state index contributed by atoms with van der Waals surface area (Å²) in [6.45, 7) is 7.00. The molecular formula is C11H15ClFN. The van der Waals surface area contributed by atoms with E-state index in [1.165, 1.54) is 6.07 Å². The van der Waals surface area contributed by atoms with Gasteiger partial charge in [-0.15, -0.1) is 0 Å². The lowest BCUT2D eigenvalue weighted by molar-refractivity contribution is 0.442. The van der Waals surface area contributed by atoms with Crippen LogP contribution >= 0.6 is 11.6 Å². The second-order valence-electron chi connectivity index (χ2n) is 4.54. The second kappa shape index (κ2) is 4.18. The molecule has 78 valence electrons. The molecule has 0 bridgehead atoms. The van der Waals surface area contributed by atoms with E-state index in [4.69, 9.17) is 11.6 Å². The zero-order chi connectivity index (χ0) is 10.8. The van der Waals surface area contributed by atoms with Gasteiger partial charge in [-0.3, -0.25) is 0 Å². The molecule has 0 saturated heterocycles. The number of halogens is 2. The van der Waals surface area contributed by atoms with E-state index in [1.54, 1.807) is 12.1 Å². The van der Waals surface area contributed by atoms with Crippen LogP contribution in [0.4, 0.5) is 10.1 Å². The summed E-state index contributed by atoms with van der Waals surface area (Å²) in [4.78, 5) is 0. The topological polar surface area (TPSA) is 12.0 Å². The first-order chi connectivity index (χ1) is 6.38. The van der Waals surface area contributed by atoms with Gasteiger partial charge in [0.15, 0.2) is 0 Å². The fourth-order valence-corrected chi connectivity index (χ4v) is 1.15. The molecule has 1 aromatic rings. The maximum absolute atomic E-state index is 13.3. The van der Waals surface area contributed by atoms with Gasteiger partial charge >= 0.3 is 0 Å². The molecule has 0 radical (unpaired) electrons. The number of anilines is 1. The number of hydrogen-bond acceptors (Lipinski definition) is 1. The smallest absolute Gasteiger partial charge is 0.147 e. The predicted molar refractivity (Wildman–Crippen MR) is 59.4 cm³/mol. The third kappa shape index (κ3) is 3.54. The van der Waals surface area contributed by atoms with E-state index in [1.807, 2.05) is 0 Å². The van der Waals surface area contributed by atoms with E-state index < -0.39 is 0 Å². The summed E-state index contributed by atoms with van der Waals surface area (Å²) in [6.07, 6.45) is 0. The summed E-state index contributed by atoms with van der Waals surface area (Å²) in [6, 6.07) is 4.64. The van der Waals surface area contributed by atoms with Gasteiger partial charge < -0.3 is 5.32 Å². The van der Waals surface area contributed by atoms with Crippen molar-refractivity contribution in [1.29, 1.82) is 0 Å². The Morgan fingerprint density at radius 3 is 2.50 bits per heavy atom. The van der Waals surface area contributed by atoms with E-state index in [2.05, 4.69) is 26.1 Å². The maximum Gasteiger partial charge on any atom is 0.147 e. The zero-order valence-corrected chi connectivity index (χ0v) is 9.45. The summed E-state index contributed by atoms with van der Waals surface area (Å²) < 4.78 is 13.3. The predicted octanol–water partition coefficient (Wildman–Crippen LogP) is 3.94. The Morgan fingerprint density at radius 1 is 1.36 bits per heavy atom. The van der Waals surface area contributed by atoms with Gasteiger partial charge in [0.1, 0.15) is 5.82 Å². The van der Waals surface area contributed by atoms with E-state index in [-0.39, 0.29) is 11.2 Å². The van der Waals surface area contributed by atoms with Crippen LogP contribution in [0, 0.1) is 11.2 Å². The van der Waals surface area contributed by atoms with Crippen LogP contribution in [-0.4, -0.2) is 6.54 Å². The van der Waals surface area contributed by atoms with Crippen LogP contribution in [0.15, 0.2) is 18.2 Å². The van der Waals surface area contributed by atoms with Crippen LogP contribution in [0.2, 0.25) is 5.02 Å². The summed E-state index contributed by atoms with van der Waals surface area (Å²) in [5.74, 6) is -0.304. The molecule has 3 heteroatoms. The Balaban J connectivity index is 2.68. The van der Waals surface area contributed by atoms with Crippen molar-refractivity contribution >= 4 is 17.3 Å². The molecule has 1 N–H and O–H groups in total. The number of benzene rings is 1. The number of rotatable bonds is 2. The van der Waals surface area contributed by atoms with Gasteiger partial charge in [0.2, 0.25) is 0 Å². The Hall–Kier alpha value is -0.760. The Kier molecular flexibility index (Phi) is 3.38. The van der Waals surface area contributed by atoms with Crippen molar-refractivity contribution < 1.29 is 4.39 Å². The molecule has 0 aliphatic rings. The summed E-state index contributed by atoms with van der Waals surface area (Å²) in [5, 5.41) is 3.47. The van der Waals surface area contributed by atoms with Crippen molar-refractivity contribution in [3.63, 3.8) is 0 Å². The normalized spacial score (nSPS) is 11.5. The van der Waals surface area contributed by atoms with Crippen LogP contribution in [0.1, 0.15) is 20.8 Å². The van der Waals surface area contributed by atoms with Crippen molar-refractivity contribution in [3.05, 3.63) is 29.0 Å². The van der Waals surface area contributed by atoms with Crippen molar-refractivity contribution in [2.75, 3.05) is 11.9 Å². The highest BCUT2D eigenvalue weighted by atomic mass is 35.5. The van der Waals surface area contributed by atoms with E-state index in [9.17, 15) is 4.39 Å². The molecule has 0 aliphatic carbocycles. The average Bonchev–Trinajstić information content (AvgIpc) is 2.00. The third-order valence-corrected chi connectivity index (χ3v) is 1.98. The molecule has 0 aliphatic heterocycles. The van der Waals surface area contributed by atoms with Crippen molar-refractivity contribution in [2.24, 2.45) is 5.41 Å². The molecule has 0 amide bonds. The van der Waals surface area contributed by atoms with Gasteiger partial charge in [0, 0.05) is 11.6 Å².